The summed E-state index contributed by atoms with van der Waals surface area (Å²) in [5.74, 6) is 0.828. The van der Waals surface area contributed by atoms with Crippen molar-refractivity contribution in [3.05, 3.63) is 42.0 Å². The molecule has 0 saturated carbocycles. The predicted molar refractivity (Wildman–Crippen MR) is 78.6 cm³/mol. The summed E-state index contributed by atoms with van der Waals surface area (Å²) in [5, 5.41) is 3.30. The minimum atomic E-state index is 0.828. The largest absolute Gasteiger partial charge is 0.319 e. The molecule has 0 bridgehead atoms. The first-order valence-electron chi connectivity index (χ1n) is 6.97. The molecular weight excluding hydrogens is 220 g/mol. The fourth-order valence-electron chi connectivity index (χ4n) is 2.67. The van der Waals surface area contributed by atoms with Crippen LogP contribution in [0, 0.1) is 5.92 Å². The van der Waals surface area contributed by atoms with Crippen molar-refractivity contribution >= 4 is 6.08 Å². The second-order valence-electron chi connectivity index (χ2n) is 5.14. The van der Waals surface area contributed by atoms with Gasteiger partial charge in [0.2, 0.25) is 0 Å². The molecule has 0 aromatic heterocycles. The van der Waals surface area contributed by atoms with E-state index in [1.54, 1.807) is 0 Å². The van der Waals surface area contributed by atoms with E-state index in [1.807, 2.05) is 7.05 Å². The number of likely N-dealkylation sites (tertiary alicyclic amines) is 1. The van der Waals surface area contributed by atoms with Gasteiger partial charge >= 0.3 is 0 Å². The van der Waals surface area contributed by atoms with E-state index in [4.69, 9.17) is 0 Å². The first-order chi connectivity index (χ1) is 8.88. The van der Waals surface area contributed by atoms with Gasteiger partial charge in [-0.3, -0.25) is 4.90 Å². The van der Waals surface area contributed by atoms with Crippen molar-refractivity contribution in [2.45, 2.75) is 12.8 Å². The van der Waals surface area contributed by atoms with Crippen LogP contribution in [-0.2, 0) is 0 Å². The Morgan fingerprint density at radius 2 is 2.17 bits per heavy atom. The normalized spacial score (nSPS) is 21.5. The molecule has 0 radical (unpaired) electrons. The number of hydrogen-bond acceptors (Lipinski definition) is 2. The summed E-state index contributed by atoms with van der Waals surface area (Å²) < 4.78 is 0. The lowest BCUT2D eigenvalue weighted by molar-refractivity contribution is 0.190. The molecule has 2 heteroatoms. The number of piperidine rings is 1. The Balaban J connectivity index is 1.77. The van der Waals surface area contributed by atoms with Crippen molar-refractivity contribution in [2.24, 2.45) is 5.92 Å². The van der Waals surface area contributed by atoms with E-state index in [1.165, 1.54) is 31.5 Å². The molecule has 0 spiro atoms. The van der Waals surface area contributed by atoms with E-state index in [-0.39, 0.29) is 0 Å². The molecule has 1 aliphatic rings. The molecular formula is C16H24N2. The molecule has 2 nitrogen and oxygen atoms in total. The van der Waals surface area contributed by atoms with Crippen molar-refractivity contribution in [1.82, 2.24) is 10.2 Å². The maximum Gasteiger partial charge on any atom is 0.0166 e. The summed E-state index contributed by atoms with van der Waals surface area (Å²) in [6, 6.07) is 10.5. The molecule has 0 amide bonds. The van der Waals surface area contributed by atoms with E-state index < -0.39 is 0 Å². The molecule has 1 saturated heterocycles. The van der Waals surface area contributed by atoms with Gasteiger partial charge in [-0.05, 0) is 44.5 Å². The van der Waals surface area contributed by atoms with Gasteiger partial charge in [-0.2, -0.15) is 0 Å². The van der Waals surface area contributed by atoms with Gasteiger partial charge in [-0.25, -0.2) is 0 Å². The van der Waals surface area contributed by atoms with E-state index in [2.05, 4.69) is 52.7 Å². The highest BCUT2D eigenvalue weighted by molar-refractivity contribution is 5.48. The molecule has 1 aromatic carbocycles. The Hall–Kier alpha value is -1.12. The summed E-state index contributed by atoms with van der Waals surface area (Å²) >= 11 is 0. The lowest BCUT2D eigenvalue weighted by atomic mass is 9.98. The summed E-state index contributed by atoms with van der Waals surface area (Å²) in [6.45, 7) is 4.72. The van der Waals surface area contributed by atoms with Crippen LogP contribution < -0.4 is 5.32 Å². The maximum atomic E-state index is 3.30. The predicted octanol–water partition coefficient (Wildman–Crippen LogP) is 2.63. The monoisotopic (exact) mass is 244 g/mol. The lowest BCUT2D eigenvalue weighted by Gasteiger charge is -2.31. The number of nitrogens with zero attached hydrogens (tertiary/aromatic N) is 1. The molecule has 2 rings (SSSR count). The Bertz CT molecular complexity index is 357. The number of hydrogen-bond donors (Lipinski definition) is 1. The number of rotatable bonds is 5. The molecule has 1 N–H and O–H groups in total. The Morgan fingerprint density at radius 3 is 2.94 bits per heavy atom. The topological polar surface area (TPSA) is 15.3 Å². The fraction of sp³-hybridized carbons (Fsp3) is 0.500. The van der Waals surface area contributed by atoms with Crippen LogP contribution in [0.5, 0.6) is 0 Å². The highest BCUT2D eigenvalue weighted by Crippen LogP contribution is 2.15. The Morgan fingerprint density at radius 1 is 1.33 bits per heavy atom. The Labute approximate surface area is 111 Å². The van der Waals surface area contributed by atoms with Gasteiger partial charge in [-0.15, -0.1) is 0 Å². The quantitative estimate of drug-likeness (QED) is 0.856. The van der Waals surface area contributed by atoms with Crippen molar-refractivity contribution in [1.29, 1.82) is 0 Å². The van der Waals surface area contributed by atoms with Crippen molar-refractivity contribution < 1.29 is 0 Å². The van der Waals surface area contributed by atoms with Crippen LogP contribution in [0.15, 0.2) is 36.4 Å². The molecule has 1 atom stereocenters. The van der Waals surface area contributed by atoms with Crippen LogP contribution in [0.25, 0.3) is 6.08 Å². The zero-order valence-corrected chi connectivity index (χ0v) is 11.3. The zero-order valence-electron chi connectivity index (χ0n) is 11.3. The van der Waals surface area contributed by atoms with Gasteiger partial charge < -0.3 is 5.32 Å². The van der Waals surface area contributed by atoms with Crippen LogP contribution in [0.3, 0.4) is 0 Å². The number of nitrogens with one attached hydrogen (secondary N) is 1. The highest BCUT2D eigenvalue weighted by atomic mass is 15.1. The van der Waals surface area contributed by atoms with Gasteiger partial charge in [0.05, 0.1) is 0 Å². The van der Waals surface area contributed by atoms with Crippen LogP contribution in [-0.4, -0.2) is 38.1 Å². The highest BCUT2D eigenvalue weighted by Gasteiger charge is 2.17. The summed E-state index contributed by atoms with van der Waals surface area (Å²) in [7, 11) is 2.05. The van der Waals surface area contributed by atoms with Gasteiger partial charge in [-0.1, -0.05) is 42.5 Å². The second kappa shape index (κ2) is 7.34. The van der Waals surface area contributed by atoms with Gasteiger partial charge in [0, 0.05) is 13.1 Å². The van der Waals surface area contributed by atoms with Crippen LogP contribution in [0.4, 0.5) is 0 Å². The van der Waals surface area contributed by atoms with E-state index in [9.17, 15) is 0 Å². The van der Waals surface area contributed by atoms with Crippen LogP contribution in [0.2, 0.25) is 0 Å². The van der Waals surface area contributed by atoms with Crippen LogP contribution in [0.1, 0.15) is 18.4 Å². The lowest BCUT2D eigenvalue weighted by Crippen LogP contribution is -2.38. The van der Waals surface area contributed by atoms with E-state index in [0.29, 0.717) is 0 Å². The minimum absolute atomic E-state index is 0.828. The summed E-state index contributed by atoms with van der Waals surface area (Å²) in [5.41, 5.74) is 1.29. The average Bonchev–Trinajstić information content (AvgIpc) is 2.41. The van der Waals surface area contributed by atoms with Crippen molar-refractivity contribution in [2.75, 3.05) is 33.2 Å². The Kier molecular flexibility index (Phi) is 5.43. The minimum Gasteiger partial charge on any atom is -0.319 e. The SMILES string of the molecule is CNCC1CCCN(CC=Cc2ccccc2)C1. The first-order valence-corrected chi connectivity index (χ1v) is 6.97. The van der Waals surface area contributed by atoms with Gasteiger partial charge in [0.1, 0.15) is 0 Å². The third kappa shape index (κ3) is 4.28. The molecule has 1 aliphatic heterocycles. The first kappa shape index (κ1) is 13.3. The maximum absolute atomic E-state index is 3.30. The average molecular weight is 244 g/mol. The summed E-state index contributed by atoms with van der Waals surface area (Å²) in [4.78, 5) is 2.56. The van der Waals surface area contributed by atoms with Gasteiger partial charge in [0.25, 0.3) is 0 Å². The van der Waals surface area contributed by atoms with Crippen molar-refractivity contribution in [3.8, 4) is 0 Å². The van der Waals surface area contributed by atoms with E-state index in [0.717, 1.165) is 19.0 Å². The third-order valence-corrected chi connectivity index (χ3v) is 3.57. The second-order valence-corrected chi connectivity index (χ2v) is 5.14. The molecule has 18 heavy (non-hydrogen) atoms. The van der Waals surface area contributed by atoms with E-state index >= 15 is 0 Å². The number of benzene rings is 1. The summed E-state index contributed by atoms with van der Waals surface area (Å²) in [6.07, 6.45) is 7.23. The molecule has 1 aromatic rings. The molecule has 0 aliphatic carbocycles. The van der Waals surface area contributed by atoms with Gasteiger partial charge in [0.15, 0.2) is 0 Å². The molecule has 1 heterocycles. The smallest absolute Gasteiger partial charge is 0.0166 e. The third-order valence-electron chi connectivity index (χ3n) is 3.57. The standard InChI is InChI=1S/C16H24N2/c1-17-13-16-10-6-12-18(14-16)11-5-9-15-7-3-2-4-8-15/h2-5,7-9,16-17H,6,10-14H2,1H3. The zero-order chi connectivity index (χ0) is 12.6. The molecule has 1 unspecified atom stereocenters. The van der Waals surface area contributed by atoms with Crippen LogP contribution >= 0.6 is 0 Å². The molecule has 98 valence electrons. The fourth-order valence-corrected chi connectivity index (χ4v) is 2.67. The molecule has 1 fully saturated rings. The van der Waals surface area contributed by atoms with Crippen molar-refractivity contribution in [3.63, 3.8) is 0 Å².